The molecule has 0 atom stereocenters. The molecule has 3 heteroatoms. The molecule has 88 heavy (non-hydrogen) atoms. The van der Waals surface area contributed by atoms with Crippen LogP contribution in [0.5, 0.6) is 0 Å². The van der Waals surface area contributed by atoms with Crippen LogP contribution in [0, 0.1) is 0 Å². The lowest BCUT2D eigenvalue weighted by Gasteiger charge is -2.36. The summed E-state index contributed by atoms with van der Waals surface area (Å²) in [6.07, 6.45) is 0. The molecule has 0 aliphatic heterocycles. The lowest BCUT2D eigenvalue weighted by atomic mass is 9.67. The summed E-state index contributed by atoms with van der Waals surface area (Å²) in [5.74, 6) is 0. The van der Waals surface area contributed by atoms with Crippen molar-refractivity contribution in [2.24, 2.45) is 0 Å². The van der Waals surface area contributed by atoms with E-state index < -0.39 is 5.41 Å². The number of anilines is 6. The third-order valence-corrected chi connectivity index (χ3v) is 19.7. The van der Waals surface area contributed by atoms with Crippen molar-refractivity contribution in [1.82, 2.24) is 0 Å². The Morgan fingerprint density at radius 2 is 0.682 bits per heavy atom. The fourth-order valence-electron chi connectivity index (χ4n) is 15.7. The number of nitrogens with zero attached hydrogens (tertiary/aromatic N) is 2. The predicted octanol–water partition coefficient (Wildman–Crippen LogP) is 22.8. The fraction of sp³-hybridized carbons (Fsp3) is 0.0824. The topological polar surface area (TPSA) is 19.6 Å². The normalized spacial score (nSPS) is 14.2. The molecule has 0 radical (unpaired) electrons. The van der Waals surface area contributed by atoms with E-state index in [4.69, 9.17) is 4.42 Å². The van der Waals surface area contributed by atoms with Crippen LogP contribution in [-0.2, 0) is 16.2 Å². The highest BCUT2D eigenvalue weighted by Crippen LogP contribution is 2.63. The molecule has 0 amide bonds. The first kappa shape index (κ1) is 51.7. The molecule has 0 saturated carbocycles. The van der Waals surface area contributed by atoms with Gasteiger partial charge in [0.15, 0.2) is 5.58 Å². The molecule has 0 bridgehead atoms. The Balaban J connectivity index is 0.982. The molecule has 418 valence electrons. The van der Waals surface area contributed by atoms with Crippen molar-refractivity contribution in [1.29, 1.82) is 0 Å². The highest BCUT2D eigenvalue weighted by atomic mass is 16.3. The second kappa shape index (κ2) is 19.7. The van der Waals surface area contributed by atoms with Crippen LogP contribution in [0.4, 0.5) is 34.1 Å². The zero-order chi connectivity index (χ0) is 58.9. The van der Waals surface area contributed by atoms with E-state index in [1.54, 1.807) is 0 Å². The number of para-hydroxylation sites is 3. The van der Waals surface area contributed by atoms with E-state index in [0.717, 1.165) is 78.3 Å². The van der Waals surface area contributed by atoms with Gasteiger partial charge in [-0.15, -0.1) is 0 Å². The van der Waals surface area contributed by atoms with E-state index in [1.807, 2.05) is 0 Å². The Labute approximate surface area is 514 Å². The third kappa shape index (κ3) is 7.50. The van der Waals surface area contributed by atoms with Crippen LogP contribution in [0.15, 0.2) is 308 Å². The Bertz CT molecular complexity index is 5050. The first-order valence-corrected chi connectivity index (χ1v) is 30.8. The lowest BCUT2D eigenvalue weighted by molar-refractivity contribution is 0.660. The molecule has 3 aliphatic rings. The van der Waals surface area contributed by atoms with E-state index in [1.165, 1.54) is 77.9 Å². The Hall–Kier alpha value is -10.7. The molecule has 14 aromatic rings. The van der Waals surface area contributed by atoms with Crippen molar-refractivity contribution in [2.75, 3.05) is 9.80 Å². The Morgan fingerprint density at radius 3 is 1.22 bits per heavy atom. The minimum atomic E-state index is -0.844. The monoisotopic (exact) mass is 1130 g/mol. The maximum atomic E-state index is 7.52. The maximum absolute atomic E-state index is 7.52. The van der Waals surface area contributed by atoms with Crippen LogP contribution in [0.2, 0.25) is 0 Å². The smallest absolute Gasteiger partial charge is 0.160 e. The van der Waals surface area contributed by atoms with Gasteiger partial charge in [0.1, 0.15) is 5.58 Å². The number of benzene rings is 13. The average molecular weight is 1130 g/mol. The van der Waals surface area contributed by atoms with Gasteiger partial charge >= 0.3 is 0 Å². The van der Waals surface area contributed by atoms with Crippen molar-refractivity contribution in [3.63, 3.8) is 0 Å². The number of furan rings is 1. The minimum Gasteiger partial charge on any atom is -0.454 e. The van der Waals surface area contributed by atoms with Crippen LogP contribution in [0.1, 0.15) is 72.2 Å². The SMILES string of the molecule is CC1(C)c2ccccc2-c2ccc(N(c3ccc4c(c3)C(c3ccccc3)(c3ccccc3)c3cc(N(c5ccc6c(c5)C(C)(C)c5ccccc5-6)c5ccccc5-c5ccccc5)c5oc6ccccc6c5c3-4)c3ccccc3-c3ccccc3)cc21. The van der Waals surface area contributed by atoms with Crippen LogP contribution < -0.4 is 9.80 Å². The summed E-state index contributed by atoms with van der Waals surface area (Å²) in [5, 5.41) is 2.16. The minimum absolute atomic E-state index is 0.213. The first-order valence-electron chi connectivity index (χ1n) is 30.8. The first-order chi connectivity index (χ1) is 43.2. The van der Waals surface area contributed by atoms with E-state index in [2.05, 4.69) is 341 Å². The second-order valence-electron chi connectivity index (χ2n) is 25.1. The largest absolute Gasteiger partial charge is 0.454 e. The summed E-state index contributed by atoms with van der Waals surface area (Å²) in [5.41, 5.74) is 28.8. The average Bonchev–Trinajstić information content (AvgIpc) is 1.51. The molecule has 0 spiro atoms. The lowest BCUT2D eigenvalue weighted by Crippen LogP contribution is -2.29. The van der Waals surface area contributed by atoms with Gasteiger partial charge in [-0.25, -0.2) is 0 Å². The highest BCUT2D eigenvalue weighted by Gasteiger charge is 2.49. The molecule has 1 heterocycles. The molecule has 0 saturated heterocycles. The summed E-state index contributed by atoms with van der Waals surface area (Å²) in [6, 6.07) is 113. The number of hydrogen-bond acceptors (Lipinski definition) is 3. The Kier molecular flexibility index (Phi) is 11.5. The van der Waals surface area contributed by atoms with Gasteiger partial charge < -0.3 is 14.2 Å². The van der Waals surface area contributed by atoms with Crippen LogP contribution in [-0.4, -0.2) is 0 Å². The maximum Gasteiger partial charge on any atom is 0.160 e. The van der Waals surface area contributed by atoms with Gasteiger partial charge in [0.2, 0.25) is 0 Å². The van der Waals surface area contributed by atoms with Gasteiger partial charge in [0, 0.05) is 49.8 Å². The second-order valence-corrected chi connectivity index (χ2v) is 25.1. The number of rotatable bonds is 10. The molecular weight excluding hydrogens is 1060 g/mol. The molecular formula is C85H62N2O. The fourth-order valence-corrected chi connectivity index (χ4v) is 15.7. The molecule has 1 aromatic heterocycles. The molecule has 3 aliphatic carbocycles. The molecule has 17 rings (SSSR count). The van der Waals surface area contributed by atoms with Crippen LogP contribution >= 0.6 is 0 Å². The summed E-state index contributed by atoms with van der Waals surface area (Å²) >= 11 is 0. The predicted molar refractivity (Wildman–Crippen MR) is 366 cm³/mol. The summed E-state index contributed by atoms with van der Waals surface area (Å²) in [6.45, 7) is 9.51. The quantitative estimate of drug-likeness (QED) is 0.136. The van der Waals surface area contributed by atoms with Crippen molar-refractivity contribution in [3.05, 3.63) is 348 Å². The summed E-state index contributed by atoms with van der Waals surface area (Å²) < 4.78 is 7.52. The Morgan fingerprint density at radius 1 is 0.284 bits per heavy atom. The molecule has 13 aromatic carbocycles. The number of fused-ring (bicyclic) bond motifs is 13. The summed E-state index contributed by atoms with van der Waals surface area (Å²) in [4.78, 5) is 5.04. The molecule has 0 unspecified atom stereocenters. The zero-order valence-corrected chi connectivity index (χ0v) is 49.7. The van der Waals surface area contributed by atoms with Gasteiger partial charge in [-0.1, -0.05) is 270 Å². The third-order valence-electron chi connectivity index (χ3n) is 19.7. The van der Waals surface area contributed by atoms with Crippen molar-refractivity contribution < 1.29 is 4.42 Å². The molecule has 0 fully saturated rings. The van der Waals surface area contributed by atoms with Gasteiger partial charge in [-0.2, -0.15) is 0 Å². The zero-order valence-electron chi connectivity index (χ0n) is 49.7. The van der Waals surface area contributed by atoms with Gasteiger partial charge in [-0.05, 0) is 150 Å². The van der Waals surface area contributed by atoms with E-state index >= 15 is 0 Å². The van der Waals surface area contributed by atoms with Crippen molar-refractivity contribution in [3.8, 4) is 55.6 Å². The number of hydrogen-bond donors (Lipinski definition) is 0. The standard InChI is InChI=1S/C85H62N2O/c1-83(2)70-40-22-17-37-64(70)66-48-45-59(51-72(66)83)86(76-42-24-19-35-62(76)55-27-9-5-10-28-55)60-47-50-68-74(53-60)85(57-31-13-7-14-32-57,58-33-15-8-16-34-58)75-54-78(82-81(80(68)75)69-39-21-26-44-79(69)88-82)87(77-43-25-20-36-63(77)56-29-11-6-12-30-56)61-46-49-67-65-38-18-23-41-71(65)84(3,4)73(67)52-61/h5-54H,1-4H3. The van der Waals surface area contributed by atoms with Crippen molar-refractivity contribution in [2.45, 2.75) is 43.9 Å². The van der Waals surface area contributed by atoms with E-state index in [9.17, 15) is 0 Å². The van der Waals surface area contributed by atoms with Gasteiger partial charge in [0.05, 0.1) is 22.5 Å². The van der Waals surface area contributed by atoms with Gasteiger partial charge in [-0.3, -0.25) is 0 Å². The van der Waals surface area contributed by atoms with Crippen LogP contribution in [0.3, 0.4) is 0 Å². The molecule has 3 nitrogen and oxygen atoms in total. The molecule has 0 N–H and O–H groups in total. The van der Waals surface area contributed by atoms with Crippen molar-refractivity contribution >= 4 is 56.1 Å². The van der Waals surface area contributed by atoms with Gasteiger partial charge in [0.25, 0.3) is 0 Å². The highest BCUT2D eigenvalue weighted by molar-refractivity contribution is 6.20. The van der Waals surface area contributed by atoms with E-state index in [0.29, 0.717) is 0 Å². The summed E-state index contributed by atoms with van der Waals surface area (Å²) in [7, 11) is 0. The van der Waals surface area contributed by atoms with E-state index in [-0.39, 0.29) is 10.8 Å². The van der Waals surface area contributed by atoms with Crippen LogP contribution in [0.25, 0.3) is 77.6 Å².